The topological polar surface area (TPSA) is 74.2 Å². The lowest BCUT2D eigenvalue weighted by molar-refractivity contribution is 0.247. The van der Waals surface area contributed by atoms with E-state index in [1.54, 1.807) is 36.4 Å². The van der Waals surface area contributed by atoms with E-state index in [-0.39, 0.29) is 6.03 Å². The number of amides is 2. The summed E-state index contributed by atoms with van der Waals surface area (Å²) in [6.07, 6.45) is 0. The molecule has 2 aromatic carbocycles. The van der Waals surface area contributed by atoms with E-state index in [0.717, 1.165) is 5.56 Å². The van der Waals surface area contributed by atoms with Crippen LogP contribution in [0.4, 0.5) is 10.5 Å². The summed E-state index contributed by atoms with van der Waals surface area (Å²) >= 11 is 5.94. The van der Waals surface area contributed by atoms with Crippen molar-refractivity contribution in [3.05, 3.63) is 58.6 Å². The summed E-state index contributed by atoms with van der Waals surface area (Å²) in [6.45, 7) is 2.59. The van der Waals surface area contributed by atoms with Crippen LogP contribution in [0.25, 0.3) is 0 Å². The summed E-state index contributed by atoms with van der Waals surface area (Å²) < 4.78 is 5.53. The molecule has 0 fully saturated rings. The Balaban J connectivity index is 1.74. The van der Waals surface area contributed by atoms with Gasteiger partial charge < -0.3 is 15.4 Å². The number of nitrogens with zero attached hydrogens (tertiary/aromatic N) is 1. The van der Waals surface area contributed by atoms with Gasteiger partial charge in [-0.2, -0.15) is 5.26 Å². The summed E-state index contributed by atoms with van der Waals surface area (Å²) in [7, 11) is 0. The van der Waals surface area contributed by atoms with Crippen molar-refractivity contribution in [1.29, 1.82) is 5.26 Å². The number of carbonyl (C=O) groups excluding carboxylic acids is 1. The van der Waals surface area contributed by atoms with E-state index in [2.05, 4.69) is 10.6 Å². The fourth-order valence-electron chi connectivity index (χ4n) is 1.88. The van der Waals surface area contributed by atoms with Gasteiger partial charge in [-0.1, -0.05) is 17.7 Å². The number of carbonyl (C=O) groups is 1. The molecule has 0 unspecified atom stereocenters. The van der Waals surface area contributed by atoms with Crippen molar-refractivity contribution in [2.24, 2.45) is 0 Å². The molecule has 0 radical (unpaired) electrons. The molecule has 2 rings (SSSR count). The highest BCUT2D eigenvalue weighted by molar-refractivity contribution is 6.31. The molecular weight excluding hydrogens is 314 g/mol. The van der Waals surface area contributed by atoms with Crippen LogP contribution in [0.5, 0.6) is 5.75 Å². The molecule has 0 spiro atoms. The van der Waals surface area contributed by atoms with Gasteiger partial charge in [-0.15, -0.1) is 0 Å². The molecule has 2 N–H and O–H groups in total. The van der Waals surface area contributed by atoms with Crippen LogP contribution in [0, 0.1) is 18.3 Å². The van der Waals surface area contributed by atoms with E-state index >= 15 is 0 Å². The number of aryl methyl sites for hydroxylation is 1. The van der Waals surface area contributed by atoms with Crippen molar-refractivity contribution in [1.82, 2.24) is 5.32 Å². The smallest absolute Gasteiger partial charge is 0.319 e. The maximum atomic E-state index is 11.7. The highest BCUT2D eigenvalue weighted by Gasteiger charge is 2.03. The maximum absolute atomic E-state index is 11.7. The average Bonchev–Trinajstić information content (AvgIpc) is 2.55. The van der Waals surface area contributed by atoms with Crippen molar-refractivity contribution in [2.45, 2.75) is 6.92 Å². The molecule has 118 valence electrons. The predicted molar refractivity (Wildman–Crippen MR) is 89.9 cm³/mol. The van der Waals surface area contributed by atoms with Crippen LogP contribution >= 0.6 is 11.6 Å². The Kier molecular flexibility index (Phi) is 5.84. The standard InChI is InChI=1S/C17H16ClN3O2/c1-12-9-15(5-6-16(12)18)23-8-7-20-17(22)21-14-4-2-3-13(10-14)11-19/h2-6,9-10H,7-8H2,1H3,(H2,20,21,22). The fraction of sp³-hybridized carbons (Fsp3) is 0.176. The Morgan fingerprint density at radius 3 is 2.87 bits per heavy atom. The van der Waals surface area contributed by atoms with Crippen molar-refractivity contribution in [2.75, 3.05) is 18.5 Å². The molecule has 2 aromatic rings. The number of benzene rings is 2. The Hall–Kier alpha value is -2.71. The van der Waals surface area contributed by atoms with Crippen LogP contribution in [0.2, 0.25) is 5.02 Å². The fourth-order valence-corrected chi connectivity index (χ4v) is 2.00. The number of ether oxygens (including phenoxy) is 1. The van der Waals surface area contributed by atoms with Gasteiger partial charge in [0.05, 0.1) is 18.2 Å². The third-order valence-electron chi connectivity index (χ3n) is 3.04. The van der Waals surface area contributed by atoms with Crippen LogP contribution in [-0.2, 0) is 0 Å². The van der Waals surface area contributed by atoms with E-state index in [1.807, 2.05) is 19.1 Å². The third-order valence-corrected chi connectivity index (χ3v) is 3.46. The zero-order chi connectivity index (χ0) is 16.7. The molecule has 5 nitrogen and oxygen atoms in total. The SMILES string of the molecule is Cc1cc(OCCNC(=O)Nc2cccc(C#N)c2)ccc1Cl. The zero-order valence-electron chi connectivity index (χ0n) is 12.6. The maximum Gasteiger partial charge on any atom is 0.319 e. The summed E-state index contributed by atoms with van der Waals surface area (Å²) in [6, 6.07) is 13.8. The molecule has 0 aromatic heterocycles. The Morgan fingerprint density at radius 1 is 1.30 bits per heavy atom. The first kappa shape index (κ1) is 16.7. The van der Waals surface area contributed by atoms with Gasteiger partial charge in [0.15, 0.2) is 0 Å². The van der Waals surface area contributed by atoms with E-state index < -0.39 is 0 Å². The van der Waals surface area contributed by atoms with Crippen molar-refractivity contribution in [3.63, 3.8) is 0 Å². The number of nitrogens with one attached hydrogen (secondary N) is 2. The van der Waals surface area contributed by atoms with Crippen LogP contribution in [0.15, 0.2) is 42.5 Å². The number of hydrogen-bond acceptors (Lipinski definition) is 3. The Bertz CT molecular complexity index is 741. The number of urea groups is 1. The summed E-state index contributed by atoms with van der Waals surface area (Å²) in [5.41, 5.74) is 1.99. The first-order valence-corrected chi connectivity index (χ1v) is 7.40. The lowest BCUT2D eigenvalue weighted by atomic mass is 10.2. The average molecular weight is 330 g/mol. The van der Waals surface area contributed by atoms with E-state index in [4.69, 9.17) is 21.6 Å². The number of rotatable bonds is 5. The van der Waals surface area contributed by atoms with E-state index in [0.29, 0.717) is 35.2 Å². The number of anilines is 1. The molecule has 0 heterocycles. The minimum atomic E-state index is -0.351. The number of hydrogen-bond donors (Lipinski definition) is 2. The number of halogens is 1. The van der Waals surface area contributed by atoms with Gasteiger partial charge in [0.1, 0.15) is 12.4 Å². The summed E-state index contributed by atoms with van der Waals surface area (Å²) in [4.78, 5) is 11.7. The molecule has 6 heteroatoms. The third kappa shape index (κ3) is 5.20. The molecule has 0 bridgehead atoms. The summed E-state index contributed by atoms with van der Waals surface area (Å²) in [5, 5.41) is 14.8. The molecule has 0 saturated carbocycles. The monoisotopic (exact) mass is 329 g/mol. The van der Waals surface area contributed by atoms with Crippen LogP contribution in [0.3, 0.4) is 0 Å². The predicted octanol–water partition coefficient (Wildman–Crippen LogP) is 3.72. The van der Waals surface area contributed by atoms with Gasteiger partial charge in [0, 0.05) is 10.7 Å². The summed E-state index contributed by atoms with van der Waals surface area (Å²) in [5.74, 6) is 0.704. The second-order valence-corrected chi connectivity index (χ2v) is 5.24. The Labute approximate surface area is 139 Å². The van der Waals surface area contributed by atoms with Gasteiger partial charge in [0.2, 0.25) is 0 Å². The second-order valence-electron chi connectivity index (χ2n) is 4.83. The van der Waals surface area contributed by atoms with Gasteiger partial charge in [-0.05, 0) is 48.9 Å². The highest BCUT2D eigenvalue weighted by atomic mass is 35.5. The van der Waals surface area contributed by atoms with Gasteiger partial charge >= 0.3 is 6.03 Å². The quantitative estimate of drug-likeness (QED) is 0.821. The molecule has 0 saturated heterocycles. The number of nitriles is 1. The lowest BCUT2D eigenvalue weighted by Crippen LogP contribution is -2.32. The first-order chi connectivity index (χ1) is 11.1. The minimum absolute atomic E-state index is 0.340. The van der Waals surface area contributed by atoms with E-state index in [1.165, 1.54) is 0 Å². The van der Waals surface area contributed by atoms with Crippen LogP contribution in [0.1, 0.15) is 11.1 Å². The van der Waals surface area contributed by atoms with Gasteiger partial charge in [0.25, 0.3) is 0 Å². The van der Waals surface area contributed by atoms with Crippen molar-refractivity contribution in [3.8, 4) is 11.8 Å². The van der Waals surface area contributed by atoms with Crippen molar-refractivity contribution < 1.29 is 9.53 Å². The molecule has 23 heavy (non-hydrogen) atoms. The van der Waals surface area contributed by atoms with Crippen molar-refractivity contribution >= 4 is 23.3 Å². The van der Waals surface area contributed by atoms with Gasteiger partial charge in [-0.25, -0.2) is 4.79 Å². The molecule has 2 amide bonds. The Morgan fingerprint density at radius 2 is 2.13 bits per heavy atom. The molecule has 0 aliphatic heterocycles. The highest BCUT2D eigenvalue weighted by Crippen LogP contribution is 2.20. The largest absolute Gasteiger partial charge is 0.492 e. The molecule has 0 atom stereocenters. The minimum Gasteiger partial charge on any atom is -0.492 e. The molecular formula is C17H16ClN3O2. The van der Waals surface area contributed by atoms with Gasteiger partial charge in [-0.3, -0.25) is 0 Å². The molecule has 0 aliphatic rings. The normalized spacial score (nSPS) is 9.78. The van der Waals surface area contributed by atoms with E-state index in [9.17, 15) is 4.79 Å². The first-order valence-electron chi connectivity index (χ1n) is 7.02. The molecule has 0 aliphatic carbocycles. The zero-order valence-corrected chi connectivity index (χ0v) is 13.4. The van der Waals surface area contributed by atoms with Crippen LogP contribution in [-0.4, -0.2) is 19.2 Å². The van der Waals surface area contributed by atoms with Crippen LogP contribution < -0.4 is 15.4 Å². The second kappa shape index (κ2) is 8.06. The lowest BCUT2D eigenvalue weighted by Gasteiger charge is -2.10.